The van der Waals surface area contributed by atoms with Gasteiger partial charge in [0.25, 0.3) is 0 Å². The molecule has 12 heteroatoms. The largest absolute Gasteiger partial charge is 0.480 e. The third-order valence-electron chi connectivity index (χ3n) is 12.2. The van der Waals surface area contributed by atoms with Crippen LogP contribution < -0.4 is 5.32 Å². The van der Waals surface area contributed by atoms with Crippen molar-refractivity contribution in [1.29, 1.82) is 0 Å². The Morgan fingerprint density at radius 2 is 0.603 bits per heavy atom. The van der Waals surface area contributed by atoms with Gasteiger partial charge in [0, 0.05) is 39.1 Å². The van der Waals surface area contributed by atoms with Crippen LogP contribution >= 0.6 is 0 Å². The van der Waals surface area contributed by atoms with Crippen molar-refractivity contribution in [2.24, 2.45) is 0 Å². The fourth-order valence-corrected chi connectivity index (χ4v) is 8.37. The quantitative estimate of drug-likeness (QED) is 0.0429. The van der Waals surface area contributed by atoms with Gasteiger partial charge in [-0.2, -0.15) is 0 Å². The molecule has 0 atom stereocenters. The maximum Gasteiger partial charge on any atom is 0.317 e. The van der Waals surface area contributed by atoms with E-state index in [0.29, 0.717) is 13.0 Å². The lowest BCUT2D eigenvalue weighted by Gasteiger charge is -2.28. The van der Waals surface area contributed by atoms with Gasteiger partial charge in [0.1, 0.15) is 5.78 Å². The Morgan fingerprint density at radius 1 is 0.333 bits per heavy atom. The fraction of sp³-hybridized carbons (Fsp3) is 0.902. The number of hydrogen-bond donors (Lipinski definition) is 4. The topological polar surface area (TPSA) is 168 Å². The van der Waals surface area contributed by atoms with Crippen molar-refractivity contribution in [1.82, 2.24) is 20.0 Å². The van der Waals surface area contributed by atoms with E-state index in [4.69, 9.17) is 0 Å². The number of nitrogens with one attached hydrogen (secondary N) is 1. The molecule has 0 fully saturated rings. The van der Waals surface area contributed by atoms with Crippen molar-refractivity contribution in [2.45, 2.75) is 232 Å². The number of nitrogens with zero attached hydrogens (tertiary/aromatic N) is 3. The molecule has 0 aliphatic heterocycles. The molecule has 0 bridgehead atoms. The van der Waals surface area contributed by atoms with Crippen molar-refractivity contribution in [3.63, 3.8) is 0 Å². The van der Waals surface area contributed by atoms with Crippen LogP contribution in [-0.2, 0) is 24.0 Å². The van der Waals surface area contributed by atoms with Gasteiger partial charge in [-0.05, 0) is 12.8 Å². The number of carboxylic acid groups (broad SMARTS) is 3. The zero-order chi connectivity index (χ0) is 46.4. The number of carbonyl (C=O) groups is 5. The summed E-state index contributed by atoms with van der Waals surface area (Å²) in [5, 5.41) is 31.5. The molecule has 0 aliphatic rings. The zero-order valence-electron chi connectivity index (χ0n) is 40.8. The molecule has 0 aromatic rings. The summed E-state index contributed by atoms with van der Waals surface area (Å²) in [6.07, 6.45) is 42.2. The molecule has 0 saturated heterocycles. The first-order valence-electron chi connectivity index (χ1n) is 26.2. The summed E-state index contributed by atoms with van der Waals surface area (Å²) in [4.78, 5) is 65.1. The molecule has 0 aromatic carbocycles. The number of carbonyl (C=O) groups excluding carboxylic acids is 2. The molecule has 4 N–H and O–H groups in total. The van der Waals surface area contributed by atoms with Crippen LogP contribution in [0.25, 0.3) is 0 Å². The van der Waals surface area contributed by atoms with E-state index in [1.54, 1.807) is 4.90 Å². The molecular weight excluding hydrogens is 797 g/mol. The molecule has 1 amide bonds. The highest BCUT2D eigenvalue weighted by Crippen LogP contribution is 2.16. The van der Waals surface area contributed by atoms with Crippen LogP contribution in [0.15, 0.2) is 0 Å². The van der Waals surface area contributed by atoms with E-state index in [2.05, 4.69) is 19.2 Å². The van der Waals surface area contributed by atoms with Crippen molar-refractivity contribution in [2.75, 3.05) is 65.4 Å². The van der Waals surface area contributed by atoms with E-state index in [0.717, 1.165) is 38.5 Å². The molecule has 0 spiro atoms. The molecule has 63 heavy (non-hydrogen) atoms. The first kappa shape index (κ1) is 60.4. The van der Waals surface area contributed by atoms with Crippen molar-refractivity contribution < 1.29 is 39.3 Å². The van der Waals surface area contributed by atoms with Gasteiger partial charge in [0.15, 0.2) is 0 Å². The number of ketones is 1. The van der Waals surface area contributed by atoms with Crippen LogP contribution in [0.4, 0.5) is 0 Å². The Labute approximate surface area is 385 Å². The van der Waals surface area contributed by atoms with Gasteiger partial charge in [0.2, 0.25) is 5.91 Å². The number of aliphatic carboxylic acids is 3. The third kappa shape index (κ3) is 45.8. The Morgan fingerprint density at radius 3 is 0.937 bits per heavy atom. The van der Waals surface area contributed by atoms with Crippen molar-refractivity contribution >= 4 is 29.6 Å². The van der Waals surface area contributed by atoms with Gasteiger partial charge in [0.05, 0.1) is 32.7 Å². The van der Waals surface area contributed by atoms with E-state index in [1.165, 1.54) is 183 Å². The molecule has 0 aliphatic carbocycles. The van der Waals surface area contributed by atoms with Crippen LogP contribution in [0.2, 0.25) is 0 Å². The lowest BCUT2D eigenvalue weighted by atomic mass is 10.0. The SMILES string of the molecule is CCCCCCCCCCCCCCCCCCCC(=O)CN(CCN(CCN(CC(=O)O)CC(=O)NCCCCCCCCCCCCCCCCCC)CC(=O)O)CC(=O)O. The first-order chi connectivity index (χ1) is 30.6. The second-order valence-corrected chi connectivity index (χ2v) is 18.5. The standard InChI is InChI=1S/C51H98N4O8/c1-3-5-7-9-11-13-15-17-19-21-22-24-26-28-30-32-34-36-47(56)42-54(45-50(60)61)40-38-53(44-49(58)59)39-41-55(46-51(62)63)43-48(57)52-37-35-33-31-29-27-25-23-20-18-16-14-12-10-8-6-4-2/h3-46H2,1-2H3,(H,52,57)(H,58,59)(H,60,61)(H,62,63). The average molecular weight is 895 g/mol. The lowest BCUT2D eigenvalue weighted by molar-refractivity contribution is -0.141. The summed E-state index contributed by atoms with van der Waals surface area (Å²) in [6, 6.07) is 0. The van der Waals surface area contributed by atoms with Crippen LogP contribution in [0.1, 0.15) is 232 Å². The first-order valence-corrected chi connectivity index (χ1v) is 26.2. The molecule has 0 heterocycles. The van der Waals surface area contributed by atoms with Gasteiger partial charge in [-0.15, -0.1) is 0 Å². The van der Waals surface area contributed by atoms with E-state index in [-0.39, 0.29) is 70.6 Å². The summed E-state index contributed by atoms with van der Waals surface area (Å²) >= 11 is 0. The smallest absolute Gasteiger partial charge is 0.317 e. The lowest BCUT2D eigenvalue weighted by Crippen LogP contribution is -2.46. The normalized spacial score (nSPS) is 11.6. The maximum atomic E-state index is 12.8. The minimum Gasteiger partial charge on any atom is -0.480 e. The number of Topliss-reactive ketones (excluding diaryl/α,β-unsaturated/α-hetero) is 1. The monoisotopic (exact) mass is 895 g/mol. The highest BCUT2D eigenvalue weighted by atomic mass is 16.4. The minimum absolute atomic E-state index is 0.0171. The highest BCUT2D eigenvalue weighted by Gasteiger charge is 2.20. The highest BCUT2D eigenvalue weighted by molar-refractivity contribution is 5.81. The Bertz CT molecular complexity index is 1030. The molecule has 12 nitrogen and oxygen atoms in total. The molecule has 0 saturated carbocycles. The summed E-state index contributed by atoms with van der Waals surface area (Å²) in [7, 11) is 0. The number of hydrogen-bond acceptors (Lipinski definition) is 8. The summed E-state index contributed by atoms with van der Waals surface area (Å²) in [6.45, 7) is 4.53. The van der Waals surface area contributed by atoms with Gasteiger partial charge in [-0.1, -0.05) is 213 Å². The summed E-state index contributed by atoms with van der Waals surface area (Å²) in [5.74, 6) is -3.52. The maximum absolute atomic E-state index is 12.8. The van der Waals surface area contributed by atoms with Crippen LogP contribution in [0, 0.1) is 0 Å². The molecule has 0 unspecified atom stereocenters. The summed E-state index contributed by atoms with van der Waals surface area (Å²) in [5.41, 5.74) is 0. The predicted octanol–water partition coefficient (Wildman–Crippen LogP) is 11.1. The van der Waals surface area contributed by atoms with Crippen LogP contribution in [-0.4, -0.2) is 125 Å². The fourth-order valence-electron chi connectivity index (χ4n) is 8.37. The van der Waals surface area contributed by atoms with Crippen LogP contribution in [0.5, 0.6) is 0 Å². The second kappa shape index (κ2) is 46.0. The van der Waals surface area contributed by atoms with Gasteiger partial charge in [-0.25, -0.2) is 0 Å². The number of carboxylic acids is 3. The van der Waals surface area contributed by atoms with E-state index in [1.807, 2.05) is 0 Å². The van der Waals surface area contributed by atoms with E-state index < -0.39 is 17.9 Å². The zero-order valence-corrected chi connectivity index (χ0v) is 40.8. The Hall–Kier alpha value is -2.57. The Kier molecular flexibility index (Phi) is 44.1. The van der Waals surface area contributed by atoms with Crippen molar-refractivity contribution in [3.05, 3.63) is 0 Å². The molecule has 0 rings (SSSR count). The van der Waals surface area contributed by atoms with Gasteiger partial charge in [-0.3, -0.25) is 38.7 Å². The molecule has 0 aromatic heterocycles. The number of rotatable bonds is 51. The van der Waals surface area contributed by atoms with Gasteiger partial charge < -0.3 is 20.6 Å². The third-order valence-corrected chi connectivity index (χ3v) is 12.2. The molecule has 0 radical (unpaired) electrons. The Balaban J connectivity index is 4.36. The van der Waals surface area contributed by atoms with E-state index in [9.17, 15) is 39.3 Å². The van der Waals surface area contributed by atoms with Gasteiger partial charge >= 0.3 is 17.9 Å². The van der Waals surface area contributed by atoms with Crippen molar-refractivity contribution in [3.8, 4) is 0 Å². The minimum atomic E-state index is -1.09. The van der Waals surface area contributed by atoms with E-state index >= 15 is 0 Å². The average Bonchev–Trinajstić information content (AvgIpc) is 3.23. The van der Waals surface area contributed by atoms with Crippen LogP contribution in [0.3, 0.4) is 0 Å². The number of unbranched alkanes of at least 4 members (excludes halogenated alkanes) is 31. The number of amides is 1. The molecule has 370 valence electrons. The predicted molar refractivity (Wildman–Crippen MR) is 259 cm³/mol. The second-order valence-electron chi connectivity index (χ2n) is 18.5. The molecular formula is C51H98N4O8. The summed E-state index contributed by atoms with van der Waals surface area (Å²) < 4.78 is 0.